The molecule has 11 heteroatoms. The zero-order valence-corrected chi connectivity index (χ0v) is 34.4. The lowest BCUT2D eigenvalue weighted by molar-refractivity contribution is -0.161. The largest absolute Gasteiger partial charge is 0.472 e. The number of phosphoric acid groups is 1. The Morgan fingerprint density at radius 1 is 0.566 bits per heavy atom. The van der Waals surface area contributed by atoms with Crippen molar-refractivity contribution in [2.75, 3.05) is 26.4 Å². The van der Waals surface area contributed by atoms with Gasteiger partial charge >= 0.3 is 19.8 Å². The average molecular weight is 773 g/mol. The monoisotopic (exact) mass is 773 g/mol. The van der Waals surface area contributed by atoms with E-state index in [9.17, 15) is 24.2 Å². The highest BCUT2D eigenvalue weighted by atomic mass is 31.2. The van der Waals surface area contributed by atoms with Crippen LogP contribution in [0.5, 0.6) is 0 Å². The van der Waals surface area contributed by atoms with E-state index in [1.807, 2.05) is 0 Å². The molecule has 0 aromatic carbocycles. The molecule has 0 saturated carbocycles. The van der Waals surface area contributed by atoms with Crippen molar-refractivity contribution in [3.8, 4) is 0 Å². The minimum absolute atomic E-state index is 0.181. The third-order valence-corrected chi connectivity index (χ3v) is 9.75. The van der Waals surface area contributed by atoms with Crippen LogP contribution >= 0.6 is 7.82 Å². The van der Waals surface area contributed by atoms with E-state index in [-0.39, 0.29) is 19.4 Å². The van der Waals surface area contributed by atoms with Gasteiger partial charge in [-0.25, -0.2) is 4.57 Å². The van der Waals surface area contributed by atoms with Crippen molar-refractivity contribution >= 4 is 19.8 Å². The highest BCUT2D eigenvalue weighted by Crippen LogP contribution is 2.43. The summed E-state index contributed by atoms with van der Waals surface area (Å²) in [5.74, 6) is -0.947. The predicted octanol–water partition coefficient (Wildman–Crippen LogP) is 10.8. The first-order chi connectivity index (χ1) is 25.7. The second kappa shape index (κ2) is 38.5. The number of aliphatic hydroxyl groups excluding tert-OH is 2. The fourth-order valence-electron chi connectivity index (χ4n) is 5.53. The highest BCUT2D eigenvalue weighted by molar-refractivity contribution is 7.47. The van der Waals surface area contributed by atoms with Gasteiger partial charge in [0.15, 0.2) is 6.10 Å². The molecule has 3 atom stereocenters. The summed E-state index contributed by atoms with van der Waals surface area (Å²) in [6.45, 7) is 2.32. The third-order valence-electron chi connectivity index (χ3n) is 8.80. The molecule has 0 aromatic heterocycles. The zero-order chi connectivity index (χ0) is 39.1. The van der Waals surface area contributed by atoms with Crippen LogP contribution in [0.2, 0.25) is 0 Å². The van der Waals surface area contributed by atoms with Crippen LogP contribution in [0.4, 0.5) is 0 Å². The quantitative estimate of drug-likeness (QED) is 0.0238. The summed E-state index contributed by atoms with van der Waals surface area (Å²) in [6, 6.07) is 0. The van der Waals surface area contributed by atoms with E-state index in [2.05, 4.69) is 54.8 Å². The Kier molecular flexibility index (Phi) is 37.2. The van der Waals surface area contributed by atoms with Crippen molar-refractivity contribution < 1.29 is 47.8 Å². The minimum atomic E-state index is -4.62. The van der Waals surface area contributed by atoms with Crippen LogP contribution in [0.25, 0.3) is 0 Å². The maximum absolute atomic E-state index is 12.6. The van der Waals surface area contributed by atoms with Gasteiger partial charge in [0.25, 0.3) is 0 Å². The maximum Gasteiger partial charge on any atom is 0.472 e. The van der Waals surface area contributed by atoms with Crippen molar-refractivity contribution in [2.24, 2.45) is 0 Å². The summed E-state index contributed by atoms with van der Waals surface area (Å²) in [5.41, 5.74) is 0. The SMILES string of the molecule is CCCCCC=CCC=CCC=CCCCCCCC(=O)OCC(COP(=O)(O)OCC(O)CO)OC(=O)CCCCCCCCCCCCCCC. The minimum Gasteiger partial charge on any atom is -0.462 e. The van der Waals surface area contributed by atoms with Gasteiger partial charge in [0.1, 0.15) is 12.7 Å². The standard InChI is InChI=1S/C42H77O10P/c1-3-5-7-9-11-13-15-17-18-19-20-22-23-25-27-29-31-33-41(45)49-37-40(38-51-53(47,48)50-36-39(44)35-43)52-42(46)34-32-30-28-26-24-21-16-14-12-10-8-6-4-2/h11,13,17-18,20,22,39-40,43-44H,3-10,12,14-16,19,21,23-38H2,1-2H3,(H,47,48). The van der Waals surface area contributed by atoms with Crippen LogP contribution in [0.1, 0.15) is 181 Å². The number of aliphatic hydroxyl groups is 2. The molecule has 0 saturated heterocycles. The molecule has 3 N–H and O–H groups in total. The summed E-state index contributed by atoms with van der Waals surface area (Å²) < 4.78 is 32.6. The van der Waals surface area contributed by atoms with Crippen molar-refractivity contribution in [1.82, 2.24) is 0 Å². The van der Waals surface area contributed by atoms with Crippen molar-refractivity contribution in [2.45, 2.75) is 193 Å². The van der Waals surface area contributed by atoms with E-state index in [1.165, 1.54) is 83.5 Å². The Labute approximate surface area is 322 Å². The van der Waals surface area contributed by atoms with Crippen LogP contribution in [0, 0.1) is 0 Å². The van der Waals surface area contributed by atoms with Gasteiger partial charge in [-0.15, -0.1) is 0 Å². The fourth-order valence-corrected chi connectivity index (χ4v) is 6.32. The summed E-state index contributed by atoms with van der Waals surface area (Å²) >= 11 is 0. The molecular formula is C42H77O10P. The number of rotatable bonds is 39. The molecule has 0 aliphatic rings. The Balaban J connectivity index is 4.35. The predicted molar refractivity (Wildman–Crippen MR) is 214 cm³/mol. The van der Waals surface area contributed by atoms with Crippen molar-refractivity contribution in [1.29, 1.82) is 0 Å². The van der Waals surface area contributed by atoms with Crippen LogP contribution in [-0.4, -0.2) is 65.7 Å². The Morgan fingerprint density at radius 3 is 1.51 bits per heavy atom. The van der Waals surface area contributed by atoms with Gasteiger partial charge < -0.3 is 24.6 Å². The van der Waals surface area contributed by atoms with Crippen molar-refractivity contribution in [3.63, 3.8) is 0 Å². The van der Waals surface area contributed by atoms with Gasteiger partial charge in [0.2, 0.25) is 0 Å². The van der Waals surface area contributed by atoms with Crippen molar-refractivity contribution in [3.05, 3.63) is 36.5 Å². The number of ether oxygens (including phenoxy) is 2. The molecule has 0 amide bonds. The van der Waals surface area contributed by atoms with Crippen LogP contribution in [0.15, 0.2) is 36.5 Å². The molecule has 0 aromatic rings. The van der Waals surface area contributed by atoms with E-state index in [0.29, 0.717) is 12.8 Å². The van der Waals surface area contributed by atoms with Gasteiger partial charge in [0.05, 0.1) is 19.8 Å². The number of hydrogen-bond acceptors (Lipinski definition) is 9. The molecule has 10 nitrogen and oxygen atoms in total. The van der Waals surface area contributed by atoms with E-state index < -0.39 is 51.8 Å². The number of esters is 2. The fraction of sp³-hybridized carbons (Fsp3) is 0.810. The Morgan fingerprint density at radius 2 is 0.981 bits per heavy atom. The van der Waals surface area contributed by atoms with Crippen LogP contribution in [0.3, 0.4) is 0 Å². The molecule has 0 bridgehead atoms. The molecule has 53 heavy (non-hydrogen) atoms. The molecule has 0 radical (unpaired) electrons. The third kappa shape index (κ3) is 38.3. The summed E-state index contributed by atoms with van der Waals surface area (Å²) in [6.07, 6.45) is 38.2. The lowest BCUT2D eigenvalue weighted by Crippen LogP contribution is -2.29. The lowest BCUT2D eigenvalue weighted by atomic mass is 10.0. The van der Waals surface area contributed by atoms with E-state index >= 15 is 0 Å². The van der Waals surface area contributed by atoms with E-state index in [4.69, 9.17) is 19.1 Å². The first-order valence-corrected chi connectivity index (χ1v) is 22.4. The number of phosphoric ester groups is 1. The number of allylic oxidation sites excluding steroid dienone is 6. The second-order valence-electron chi connectivity index (χ2n) is 14.0. The van der Waals surface area contributed by atoms with Gasteiger partial charge in [-0.3, -0.25) is 18.6 Å². The molecule has 310 valence electrons. The Bertz CT molecular complexity index is 983. The smallest absolute Gasteiger partial charge is 0.462 e. The summed E-state index contributed by atoms with van der Waals surface area (Å²) in [7, 11) is -4.62. The molecule has 3 unspecified atom stereocenters. The normalized spacial score (nSPS) is 14.3. The van der Waals surface area contributed by atoms with Gasteiger partial charge in [-0.05, 0) is 51.4 Å². The zero-order valence-electron chi connectivity index (χ0n) is 33.5. The molecule has 0 heterocycles. The first kappa shape index (κ1) is 51.2. The molecule has 0 aliphatic carbocycles. The molecule has 0 spiro atoms. The highest BCUT2D eigenvalue weighted by Gasteiger charge is 2.27. The second-order valence-corrected chi connectivity index (χ2v) is 15.5. The number of carbonyl (C=O) groups is 2. The van der Waals surface area contributed by atoms with Gasteiger partial charge in [-0.2, -0.15) is 0 Å². The Hall–Kier alpha value is -1.81. The number of carbonyl (C=O) groups excluding carboxylic acids is 2. The lowest BCUT2D eigenvalue weighted by Gasteiger charge is -2.20. The molecule has 0 rings (SSSR count). The maximum atomic E-state index is 12.6. The van der Waals surface area contributed by atoms with Gasteiger partial charge in [-0.1, -0.05) is 153 Å². The molecule has 0 fully saturated rings. The number of hydrogen-bond donors (Lipinski definition) is 3. The van der Waals surface area contributed by atoms with Gasteiger partial charge in [0, 0.05) is 12.8 Å². The molecular weight excluding hydrogens is 695 g/mol. The molecule has 0 aliphatic heterocycles. The van der Waals surface area contributed by atoms with Crippen LogP contribution < -0.4 is 0 Å². The average Bonchev–Trinajstić information content (AvgIpc) is 3.14. The topological polar surface area (TPSA) is 149 Å². The van der Waals surface area contributed by atoms with Crippen LogP contribution in [-0.2, 0) is 32.7 Å². The van der Waals surface area contributed by atoms with E-state index in [1.54, 1.807) is 0 Å². The summed E-state index contributed by atoms with van der Waals surface area (Å²) in [5, 5.41) is 18.3. The summed E-state index contributed by atoms with van der Waals surface area (Å²) in [4.78, 5) is 34.9. The van der Waals surface area contributed by atoms with E-state index in [0.717, 1.165) is 57.8 Å². The first-order valence-electron chi connectivity index (χ1n) is 20.9. The number of unbranched alkanes of at least 4 members (excludes halogenated alkanes) is 19.